The molecule has 2 aromatic rings. The number of hydrogen-bond acceptors (Lipinski definition) is 3. The largest absolute Gasteiger partial charge is 0.341 e. The standard InChI is InChI=1S/C19H28N4O/c1-12-9-7-8-10-18(12)23-16(5)17(15(4)21-23)11-22(6)19(24)13(2)14(3)20/h7-10,13-14H,11,20H2,1-6H3. The van der Waals surface area contributed by atoms with Crippen molar-refractivity contribution in [2.45, 2.75) is 47.2 Å². The summed E-state index contributed by atoms with van der Waals surface area (Å²) in [5.41, 5.74) is 11.2. The van der Waals surface area contributed by atoms with E-state index in [1.807, 2.05) is 44.6 Å². The van der Waals surface area contributed by atoms with Crippen molar-refractivity contribution >= 4 is 5.91 Å². The molecular weight excluding hydrogens is 300 g/mol. The van der Waals surface area contributed by atoms with Crippen LogP contribution in [0.4, 0.5) is 0 Å². The van der Waals surface area contributed by atoms with Crippen LogP contribution < -0.4 is 5.73 Å². The second-order valence-electron chi connectivity index (χ2n) is 6.69. The third-order valence-corrected chi connectivity index (χ3v) is 4.73. The lowest BCUT2D eigenvalue weighted by Crippen LogP contribution is -2.39. The number of amides is 1. The van der Waals surface area contributed by atoms with E-state index in [0.29, 0.717) is 6.54 Å². The third kappa shape index (κ3) is 3.51. The van der Waals surface area contributed by atoms with E-state index in [0.717, 1.165) is 22.6 Å². The van der Waals surface area contributed by atoms with Crippen LogP contribution in [-0.4, -0.2) is 33.7 Å². The summed E-state index contributed by atoms with van der Waals surface area (Å²) in [6.45, 7) is 10.4. The molecule has 0 bridgehead atoms. The lowest BCUT2D eigenvalue weighted by Gasteiger charge is -2.23. The van der Waals surface area contributed by atoms with Gasteiger partial charge in [0, 0.05) is 30.9 Å². The van der Waals surface area contributed by atoms with E-state index >= 15 is 0 Å². The Hall–Kier alpha value is -2.14. The van der Waals surface area contributed by atoms with Gasteiger partial charge in [-0.3, -0.25) is 4.79 Å². The van der Waals surface area contributed by atoms with Crippen molar-refractivity contribution < 1.29 is 4.79 Å². The van der Waals surface area contributed by atoms with Gasteiger partial charge >= 0.3 is 0 Å². The highest BCUT2D eigenvalue weighted by Gasteiger charge is 2.23. The normalized spacial score (nSPS) is 13.6. The third-order valence-electron chi connectivity index (χ3n) is 4.73. The Bertz CT molecular complexity index is 733. The monoisotopic (exact) mass is 328 g/mol. The first kappa shape index (κ1) is 18.2. The van der Waals surface area contributed by atoms with Gasteiger partial charge in [-0.05, 0) is 39.3 Å². The predicted molar refractivity (Wildman–Crippen MR) is 97.1 cm³/mol. The van der Waals surface area contributed by atoms with Crippen molar-refractivity contribution in [3.63, 3.8) is 0 Å². The summed E-state index contributed by atoms with van der Waals surface area (Å²) >= 11 is 0. The molecule has 0 saturated carbocycles. The minimum absolute atomic E-state index is 0.0624. The fraction of sp³-hybridized carbons (Fsp3) is 0.474. The fourth-order valence-corrected chi connectivity index (χ4v) is 2.83. The van der Waals surface area contributed by atoms with E-state index in [2.05, 4.69) is 31.1 Å². The highest BCUT2D eigenvalue weighted by Crippen LogP contribution is 2.22. The first-order valence-corrected chi connectivity index (χ1v) is 8.35. The van der Waals surface area contributed by atoms with Gasteiger partial charge in [0.2, 0.25) is 5.91 Å². The highest BCUT2D eigenvalue weighted by atomic mass is 16.2. The Balaban J connectivity index is 2.30. The van der Waals surface area contributed by atoms with Crippen molar-refractivity contribution in [3.8, 4) is 5.69 Å². The van der Waals surface area contributed by atoms with Crippen molar-refractivity contribution in [2.24, 2.45) is 11.7 Å². The second-order valence-corrected chi connectivity index (χ2v) is 6.69. The van der Waals surface area contributed by atoms with E-state index in [4.69, 9.17) is 5.73 Å². The molecule has 2 rings (SSSR count). The predicted octanol–water partition coefficient (Wildman–Crippen LogP) is 2.74. The van der Waals surface area contributed by atoms with Crippen molar-refractivity contribution in [1.82, 2.24) is 14.7 Å². The summed E-state index contributed by atoms with van der Waals surface area (Å²) in [6, 6.07) is 8.01. The molecule has 5 heteroatoms. The van der Waals surface area contributed by atoms with Gasteiger partial charge in [0.25, 0.3) is 0 Å². The maximum Gasteiger partial charge on any atom is 0.226 e. The fourth-order valence-electron chi connectivity index (χ4n) is 2.83. The molecule has 0 spiro atoms. The van der Waals surface area contributed by atoms with Crippen LogP contribution in [0.1, 0.15) is 36.4 Å². The molecule has 1 aromatic heterocycles. The summed E-state index contributed by atoms with van der Waals surface area (Å²) in [4.78, 5) is 14.2. The van der Waals surface area contributed by atoms with Gasteiger partial charge in [-0.1, -0.05) is 25.1 Å². The number of hydrogen-bond donors (Lipinski definition) is 1. The van der Waals surface area contributed by atoms with Crippen LogP contribution in [0.3, 0.4) is 0 Å². The van der Waals surface area contributed by atoms with Gasteiger partial charge in [-0.25, -0.2) is 4.68 Å². The van der Waals surface area contributed by atoms with Gasteiger partial charge in [0.15, 0.2) is 0 Å². The van der Waals surface area contributed by atoms with Crippen molar-refractivity contribution in [2.75, 3.05) is 7.05 Å². The number of benzene rings is 1. The average molecular weight is 328 g/mol. The first-order valence-electron chi connectivity index (χ1n) is 8.35. The molecule has 2 atom stereocenters. The molecule has 0 aliphatic rings. The molecule has 1 heterocycles. The first-order chi connectivity index (χ1) is 11.2. The van der Waals surface area contributed by atoms with Gasteiger partial charge in [-0.2, -0.15) is 5.10 Å². The van der Waals surface area contributed by atoms with Crippen LogP contribution in [0.2, 0.25) is 0 Å². The highest BCUT2D eigenvalue weighted by molar-refractivity contribution is 5.78. The maximum absolute atomic E-state index is 12.5. The molecule has 5 nitrogen and oxygen atoms in total. The Labute approximate surface area is 144 Å². The minimum Gasteiger partial charge on any atom is -0.341 e. The summed E-state index contributed by atoms with van der Waals surface area (Å²) in [7, 11) is 1.82. The van der Waals surface area contributed by atoms with E-state index in [1.54, 1.807) is 4.90 Å². The van der Waals surface area contributed by atoms with E-state index in [-0.39, 0.29) is 17.9 Å². The number of nitrogens with two attached hydrogens (primary N) is 1. The summed E-state index contributed by atoms with van der Waals surface area (Å²) in [6.07, 6.45) is 0. The zero-order valence-corrected chi connectivity index (χ0v) is 15.5. The lowest BCUT2D eigenvalue weighted by molar-refractivity contribution is -0.134. The molecular formula is C19H28N4O. The quantitative estimate of drug-likeness (QED) is 0.918. The Morgan fingerprint density at radius 1 is 1.25 bits per heavy atom. The van der Waals surface area contributed by atoms with Crippen molar-refractivity contribution in [3.05, 3.63) is 46.8 Å². The molecule has 2 N–H and O–H groups in total. The van der Waals surface area contributed by atoms with E-state index in [1.165, 1.54) is 5.56 Å². The van der Waals surface area contributed by atoms with Crippen LogP contribution >= 0.6 is 0 Å². The van der Waals surface area contributed by atoms with Gasteiger partial charge in [-0.15, -0.1) is 0 Å². The number of aryl methyl sites for hydroxylation is 2. The number of carbonyl (C=O) groups is 1. The van der Waals surface area contributed by atoms with Crippen LogP contribution in [0, 0.1) is 26.7 Å². The molecule has 0 saturated heterocycles. The summed E-state index contributed by atoms with van der Waals surface area (Å²) in [5, 5.41) is 4.69. The average Bonchev–Trinajstić information content (AvgIpc) is 2.81. The van der Waals surface area contributed by atoms with Gasteiger partial charge < -0.3 is 10.6 Å². The minimum atomic E-state index is -0.193. The number of nitrogens with zero attached hydrogens (tertiary/aromatic N) is 3. The molecule has 2 unspecified atom stereocenters. The van der Waals surface area contributed by atoms with Crippen LogP contribution in [-0.2, 0) is 11.3 Å². The number of carbonyl (C=O) groups excluding carboxylic acids is 1. The molecule has 1 aromatic carbocycles. The van der Waals surface area contributed by atoms with Crippen LogP contribution in [0.15, 0.2) is 24.3 Å². The number of rotatable bonds is 5. The molecule has 0 fully saturated rings. The number of para-hydroxylation sites is 1. The van der Waals surface area contributed by atoms with E-state index in [9.17, 15) is 4.79 Å². The second kappa shape index (κ2) is 7.18. The van der Waals surface area contributed by atoms with Crippen LogP contribution in [0.25, 0.3) is 5.69 Å². The molecule has 130 valence electrons. The Morgan fingerprint density at radius 2 is 1.88 bits per heavy atom. The smallest absolute Gasteiger partial charge is 0.226 e. The van der Waals surface area contributed by atoms with Crippen LogP contribution in [0.5, 0.6) is 0 Å². The Kier molecular flexibility index (Phi) is 5.44. The molecule has 1 amide bonds. The number of aromatic nitrogens is 2. The molecule has 0 aliphatic heterocycles. The Morgan fingerprint density at radius 3 is 2.46 bits per heavy atom. The van der Waals surface area contributed by atoms with E-state index < -0.39 is 0 Å². The molecule has 0 radical (unpaired) electrons. The SMILES string of the molecule is Cc1ccccc1-n1nc(C)c(CN(C)C(=O)C(C)C(C)N)c1C. The summed E-state index contributed by atoms with van der Waals surface area (Å²) in [5.74, 6) is -0.130. The van der Waals surface area contributed by atoms with Gasteiger partial charge in [0.1, 0.15) is 0 Å². The molecule has 24 heavy (non-hydrogen) atoms. The topological polar surface area (TPSA) is 64.2 Å². The van der Waals surface area contributed by atoms with Gasteiger partial charge in [0.05, 0.1) is 17.3 Å². The zero-order valence-electron chi connectivity index (χ0n) is 15.5. The lowest BCUT2D eigenvalue weighted by atomic mass is 10.0. The summed E-state index contributed by atoms with van der Waals surface area (Å²) < 4.78 is 1.97. The molecule has 0 aliphatic carbocycles. The zero-order chi connectivity index (χ0) is 18.0. The van der Waals surface area contributed by atoms with Crippen molar-refractivity contribution in [1.29, 1.82) is 0 Å². The maximum atomic E-state index is 12.5.